The van der Waals surface area contributed by atoms with Gasteiger partial charge in [-0.25, -0.2) is 0 Å². The summed E-state index contributed by atoms with van der Waals surface area (Å²) in [6, 6.07) is 5.29. The zero-order chi connectivity index (χ0) is 14.8. The first-order valence-corrected chi connectivity index (χ1v) is 6.83. The molecule has 0 unspecified atom stereocenters. The van der Waals surface area contributed by atoms with Gasteiger partial charge >= 0.3 is 0 Å². The lowest BCUT2D eigenvalue weighted by atomic mass is 9.92. The van der Waals surface area contributed by atoms with Crippen LogP contribution >= 0.6 is 12.2 Å². The Morgan fingerprint density at radius 1 is 1.30 bits per heavy atom. The molecule has 1 aromatic carbocycles. The molecular weight excluding hydrogens is 276 g/mol. The molecule has 20 heavy (non-hydrogen) atoms. The summed E-state index contributed by atoms with van der Waals surface area (Å²) in [5.74, 6) is 1.07. The molecule has 1 aromatic rings. The van der Waals surface area contributed by atoms with Crippen molar-refractivity contribution in [2.75, 3.05) is 18.5 Å². The molecule has 1 aliphatic rings. The van der Waals surface area contributed by atoms with Gasteiger partial charge in [-0.2, -0.15) is 0 Å². The number of hydrogen-bond donors (Lipinski definition) is 2. The second-order valence-electron chi connectivity index (χ2n) is 5.16. The molecule has 0 saturated heterocycles. The Labute approximate surface area is 123 Å². The Morgan fingerprint density at radius 3 is 2.60 bits per heavy atom. The van der Waals surface area contributed by atoms with E-state index in [4.69, 9.17) is 27.4 Å². The van der Waals surface area contributed by atoms with Crippen molar-refractivity contribution in [3.8, 4) is 11.5 Å². The first-order chi connectivity index (χ1) is 9.41. The zero-order valence-corrected chi connectivity index (χ0v) is 12.4. The number of rotatable bonds is 3. The molecule has 0 saturated carbocycles. The highest BCUT2D eigenvalue weighted by atomic mass is 32.1. The van der Waals surface area contributed by atoms with Crippen LogP contribution in [0, 0.1) is 5.41 Å². The van der Waals surface area contributed by atoms with Crippen molar-refractivity contribution in [1.82, 2.24) is 0 Å². The van der Waals surface area contributed by atoms with E-state index in [1.54, 1.807) is 32.0 Å². The van der Waals surface area contributed by atoms with Crippen LogP contribution in [0.15, 0.2) is 18.2 Å². The van der Waals surface area contributed by atoms with Crippen LogP contribution in [0.4, 0.5) is 5.69 Å². The number of anilines is 1. The highest BCUT2D eigenvalue weighted by Gasteiger charge is 2.31. The summed E-state index contributed by atoms with van der Waals surface area (Å²) >= 11 is 4.91. The molecule has 0 bridgehead atoms. The minimum Gasteiger partial charge on any atom is -0.490 e. The maximum absolute atomic E-state index is 12.2. The van der Waals surface area contributed by atoms with Crippen molar-refractivity contribution in [3.63, 3.8) is 0 Å². The average Bonchev–Trinajstić information content (AvgIpc) is 2.63. The fourth-order valence-corrected chi connectivity index (χ4v) is 1.73. The van der Waals surface area contributed by atoms with Crippen LogP contribution in [-0.4, -0.2) is 24.1 Å². The Hall–Kier alpha value is -1.82. The van der Waals surface area contributed by atoms with E-state index in [0.29, 0.717) is 30.4 Å². The molecule has 6 heteroatoms. The van der Waals surface area contributed by atoms with Gasteiger partial charge in [-0.1, -0.05) is 12.2 Å². The molecule has 3 N–H and O–H groups in total. The van der Waals surface area contributed by atoms with Crippen molar-refractivity contribution in [2.24, 2.45) is 11.1 Å². The quantitative estimate of drug-likeness (QED) is 0.835. The van der Waals surface area contributed by atoms with Gasteiger partial charge in [0.05, 0.1) is 23.6 Å². The molecule has 0 aliphatic carbocycles. The number of thiocarbonyl (C=S) groups is 1. The lowest BCUT2D eigenvalue weighted by Crippen LogP contribution is -2.41. The highest BCUT2D eigenvalue weighted by Crippen LogP contribution is 2.32. The van der Waals surface area contributed by atoms with Crippen molar-refractivity contribution in [2.45, 2.75) is 20.3 Å². The third-order valence-electron chi connectivity index (χ3n) is 3.19. The van der Waals surface area contributed by atoms with E-state index in [0.717, 1.165) is 6.42 Å². The number of amides is 1. The number of nitrogens with two attached hydrogens (primary N) is 1. The molecule has 108 valence electrons. The lowest BCUT2D eigenvalue weighted by molar-refractivity contribution is -0.121. The first-order valence-electron chi connectivity index (χ1n) is 6.42. The molecule has 0 radical (unpaired) electrons. The van der Waals surface area contributed by atoms with Crippen molar-refractivity contribution >= 4 is 28.8 Å². The lowest BCUT2D eigenvalue weighted by Gasteiger charge is -2.22. The fourth-order valence-electron chi connectivity index (χ4n) is 1.64. The summed E-state index contributed by atoms with van der Waals surface area (Å²) in [6.07, 6.45) is 0.838. The van der Waals surface area contributed by atoms with Crippen LogP contribution in [0.1, 0.15) is 20.3 Å². The minimum absolute atomic E-state index is 0.157. The fraction of sp³-hybridized carbons (Fsp3) is 0.429. The second-order valence-corrected chi connectivity index (χ2v) is 5.60. The van der Waals surface area contributed by atoms with E-state index in [1.165, 1.54) is 0 Å². The molecule has 0 spiro atoms. The largest absolute Gasteiger partial charge is 0.490 e. The van der Waals surface area contributed by atoms with Gasteiger partial charge in [-0.15, -0.1) is 0 Å². The standard InChI is InChI=1S/C14H18N2O3S/c1-14(2,12(15)20)13(17)16-9-4-5-10-11(8-9)19-7-3-6-18-10/h4-5,8H,3,6-7H2,1-2H3,(H2,15,20)(H,16,17). The summed E-state index contributed by atoms with van der Waals surface area (Å²) in [6.45, 7) is 4.61. The van der Waals surface area contributed by atoms with Gasteiger partial charge in [0.25, 0.3) is 0 Å². The molecule has 1 aliphatic heterocycles. The van der Waals surface area contributed by atoms with E-state index in [1.807, 2.05) is 0 Å². The van der Waals surface area contributed by atoms with Crippen molar-refractivity contribution in [1.29, 1.82) is 0 Å². The van der Waals surface area contributed by atoms with Gasteiger partial charge in [0.15, 0.2) is 11.5 Å². The predicted molar refractivity (Wildman–Crippen MR) is 81.2 cm³/mol. The Balaban J connectivity index is 2.17. The van der Waals surface area contributed by atoms with E-state index in [9.17, 15) is 4.79 Å². The Kier molecular flexibility index (Phi) is 4.13. The summed E-state index contributed by atoms with van der Waals surface area (Å²) in [7, 11) is 0. The van der Waals surface area contributed by atoms with Gasteiger partial charge in [0.2, 0.25) is 5.91 Å². The van der Waals surface area contributed by atoms with Crippen LogP contribution in [0.5, 0.6) is 11.5 Å². The number of carbonyl (C=O) groups excluding carboxylic acids is 1. The number of carbonyl (C=O) groups is 1. The summed E-state index contributed by atoms with van der Waals surface area (Å²) < 4.78 is 11.1. The molecule has 0 fully saturated rings. The van der Waals surface area contributed by atoms with E-state index in [2.05, 4.69) is 5.32 Å². The molecule has 0 atom stereocenters. The van der Waals surface area contributed by atoms with Crippen LogP contribution in [0.3, 0.4) is 0 Å². The van der Waals surface area contributed by atoms with Crippen LogP contribution in [0.25, 0.3) is 0 Å². The van der Waals surface area contributed by atoms with E-state index >= 15 is 0 Å². The number of nitrogens with one attached hydrogen (secondary N) is 1. The minimum atomic E-state index is -0.903. The normalized spacial score (nSPS) is 14.3. The second kappa shape index (κ2) is 5.66. The molecule has 1 amide bonds. The van der Waals surface area contributed by atoms with E-state index in [-0.39, 0.29) is 10.9 Å². The molecule has 0 aromatic heterocycles. The summed E-state index contributed by atoms with van der Waals surface area (Å²) in [4.78, 5) is 12.3. The van der Waals surface area contributed by atoms with Gasteiger partial charge in [-0.05, 0) is 26.0 Å². The van der Waals surface area contributed by atoms with Crippen LogP contribution in [-0.2, 0) is 4.79 Å². The van der Waals surface area contributed by atoms with E-state index < -0.39 is 5.41 Å². The third-order valence-corrected chi connectivity index (χ3v) is 3.70. The van der Waals surface area contributed by atoms with Gasteiger partial charge in [-0.3, -0.25) is 4.79 Å². The maximum Gasteiger partial charge on any atom is 0.236 e. The van der Waals surface area contributed by atoms with Crippen molar-refractivity contribution < 1.29 is 14.3 Å². The molecule has 1 heterocycles. The number of fused-ring (bicyclic) bond motifs is 1. The smallest absolute Gasteiger partial charge is 0.236 e. The van der Waals surface area contributed by atoms with Gasteiger partial charge < -0.3 is 20.5 Å². The number of hydrogen-bond acceptors (Lipinski definition) is 4. The Morgan fingerprint density at radius 2 is 1.95 bits per heavy atom. The average molecular weight is 294 g/mol. The van der Waals surface area contributed by atoms with Crippen LogP contribution in [0.2, 0.25) is 0 Å². The number of benzene rings is 1. The third kappa shape index (κ3) is 3.01. The number of ether oxygens (including phenoxy) is 2. The molecule has 2 rings (SSSR count). The summed E-state index contributed by atoms with van der Waals surface area (Å²) in [5.41, 5.74) is 5.31. The predicted octanol–water partition coefficient (Wildman–Crippen LogP) is 2.10. The SMILES string of the molecule is CC(C)(C(=O)Nc1ccc2c(c1)OCCCO2)C(N)=S. The topological polar surface area (TPSA) is 73.6 Å². The van der Waals surface area contributed by atoms with Gasteiger partial charge in [0.1, 0.15) is 0 Å². The summed E-state index contributed by atoms with van der Waals surface area (Å²) in [5, 5.41) is 2.79. The van der Waals surface area contributed by atoms with Crippen LogP contribution < -0.4 is 20.5 Å². The van der Waals surface area contributed by atoms with Crippen molar-refractivity contribution in [3.05, 3.63) is 18.2 Å². The zero-order valence-electron chi connectivity index (χ0n) is 11.6. The first kappa shape index (κ1) is 14.6. The maximum atomic E-state index is 12.2. The Bertz CT molecular complexity index is 543. The highest BCUT2D eigenvalue weighted by molar-refractivity contribution is 7.80. The molecular formula is C14H18N2O3S. The monoisotopic (exact) mass is 294 g/mol. The molecule has 5 nitrogen and oxygen atoms in total. The van der Waals surface area contributed by atoms with Gasteiger partial charge in [0, 0.05) is 18.2 Å².